The third kappa shape index (κ3) is 2.31. The Kier molecular flexibility index (Phi) is 3.96. The van der Waals surface area contributed by atoms with Crippen molar-refractivity contribution in [2.24, 2.45) is 0 Å². The molecule has 6 heteroatoms. The maximum atomic E-state index is 13.0. The molecule has 0 radical (unpaired) electrons. The van der Waals surface area contributed by atoms with Crippen LogP contribution in [0.5, 0.6) is 0 Å². The molecule has 1 N–H and O–H groups in total. The molecule has 1 unspecified atom stereocenters. The van der Waals surface area contributed by atoms with E-state index in [0.29, 0.717) is 0 Å². The highest BCUT2D eigenvalue weighted by Crippen LogP contribution is 2.33. The average molecular weight is 274 g/mol. The largest absolute Gasteiger partial charge is 0.479 e. The minimum atomic E-state index is -1.64. The monoisotopic (exact) mass is 273 g/mol. The van der Waals surface area contributed by atoms with Crippen molar-refractivity contribution in [2.45, 2.75) is 19.4 Å². The van der Waals surface area contributed by atoms with E-state index in [2.05, 4.69) is 0 Å². The zero-order valence-electron chi connectivity index (χ0n) is 10.2. The van der Waals surface area contributed by atoms with E-state index in [4.69, 9.17) is 11.6 Å². The minimum absolute atomic E-state index is 0.0343. The lowest BCUT2D eigenvalue weighted by Crippen LogP contribution is -2.50. The van der Waals surface area contributed by atoms with Gasteiger partial charge in [-0.25, -0.2) is 9.18 Å². The van der Waals surface area contributed by atoms with E-state index in [1.165, 1.54) is 27.0 Å². The quantitative estimate of drug-likeness (QED) is 0.919. The number of carboxylic acids is 1. The van der Waals surface area contributed by atoms with Gasteiger partial charge in [-0.2, -0.15) is 0 Å². The molecule has 0 aliphatic carbocycles. The normalized spacial score (nSPS) is 13.8. The maximum Gasteiger partial charge on any atom is 0.334 e. The molecule has 0 saturated carbocycles. The van der Waals surface area contributed by atoms with E-state index >= 15 is 0 Å². The van der Waals surface area contributed by atoms with Crippen LogP contribution in [0.2, 0.25) is 5.02 Å². The number of rotatable bonds is 3. The Hall–Kier alpha value is -1.62. The fourth-order valence-electron chi connectivity index (χ4n) is 1.64. The first kappa shape index (κ1) is 14.4. The molecule has 1 amide bonds. The molecule has 1 atom stereocenters. The number of hydrogen-bond acceptors (Lipinski definition) is 2. The van der Waals surface area contributed by atoms with Gasteiger partial charge < -0.3 is 10.0 Å². The number of carboxylic acid groups (broad SMARTS) is 1. The predicted molar refractivity (Wildman–Crippen MR) is 64.8 cm³/mol. The Morgan fingerprint density at radius 3 is 2.39 bits per heavy atom. The molecule has 0 saturated heterocycles. The van der Waals surface area contributed by atoms with Crippen LogP contribution in [-0.4, -0.2) is 28.9 Å². The third-order valence-electron chi connectivity index (χ3n) is 3.02. The van der Waals surface area contributed by atoms with E-state index in [1.807, 2.05) is 0 Å². The van der Waals surface area contributed by atoms with Crippen molar-refractivity contribution < 1.29 is 19.1 Å². The van der Waals surface area contributed by atoms with Crippen molar-refractivity contribution in [1.82, 2.24) is 4.90 Å². The van der Waals surface area contributed by atoms with Crippen LogP contribution in [0.15, 0.2) is 18.2 Å². The molecular weight excluding hydrogens is 261 g/mol. The highest BCUT2D eigenvalue weighted by Gasteiger charge is 2.42. The van der Waals surface area contributed by atoms with Gasteiger partial charge in [0.05, 0.1) is 0 Å². The molecule has 0 heterocycles. The van der Waals surface area contributed by atoms with Gasteiger partial charge in [-0.05, 0) is 19.1 Å². The van der Waals surface area contributed by atoms with Gasteiger partial charge in [0.2, 0.25) is 5.91 Å². The molecule has 0 aliphatic rings. The summed E-state index contributed by atoms with van der Waals surface area (Å²) in [5.74, 6) is -2.24. The Bertz CT molecular complexity index is 506. The molecule has 1 aromatic carbocycles. The van der Waals surface area contributed by atoms with Gasteiger partial charge in [0.25, 0.3) is 0 Å². The van der Waals surface area contributed by atoms with Gasteiger partial charge in [-0.3, -0.25) is 4.79 Å². The van der Waals surface area contributed by atoms with Crippen molar-refractivity contribution in [3.63, 3.8) is 0 Å². The van der Waals surface area contributed by atoms with E-state index < -0.39 is 23.2 Å². The molecule has 0 bridgehead atoms. The number of carbonyl (C=O) groups excluding carboxylic acids is 1. The Morgan fingerprint density at radius 2 is 2.00 bits per heavy atom. The molecular formula is C12H13ClFNO3. The Morgan fingerprint density at radius 1 is 1.44 bits per heavy atom. The third-order valence-corrected chi connectivity index (χ3v) is 3.33. The molecule has 0 aromatic heterocycles. The van der Waals surface area contributed by atoms with Crippen LogP contribution in [0.1, 0.15) is 19.4 Å². The second-order valence-electron chi connectivity index (χ2n) is 4.08. The Balaban J connectivity index is 3.45. The molecule has 98 valence electrons. The molecule has 18 heavy (non-hydrogen) atoms. The lowest BCUT2D eigenvalue weighted by Gasteiger charge is -2.35. The number of likely N-dealkylation sites (N-methyl/N-ethyl adjacent to an activating group) is 1. The van der Waals surface area contributed by atoms with Crippen LogP contribution in [0.25, 0.3) is 0 Å². The minimum Gasteiger partial charge on any atom is -0.479 e. The number of amides is 1. The number of benzene rings is 1. The summed E-state index contributed by atoms with van der Waals surface area (Å²) in [5.41, 5.74) is -1.48. The molecule has 0 aliphatic heterocycles. The first-order valence-corrected chi connectivity index (χ1v) is 5.52. The van der Waals surface area contributed by atoms with Crippen molar-refractivity contribution in [1.29, 1.82) is 0 Å². The number of hydrogen-bond donors (Lipinski definition) is 1. The summed E-state index contributed by atoms with van der Waals surface area (Å²) in [6.07, 6.45) is 0. The maximum absolute atomic E-state index is 13.0. The summed E-state index contributed by atoms with van der Waals surface area (Å²) in [4.78, 5) is 23.9. The summed E-state index contributed by atoms with van der Waals surface area (Å²) in [6.45, 7) is 2.59. The first-order valence-electron chi connectivity index (χ1n) is 5.14. The number of aliphatic carboxylic acids is 1. The standard InChI is InChI=1S/C12H13ClFNO3/c1-7(16)15(3)12(2,11(17)18)9-5-4-8(14)6-10(9)13/h4-6H,1-3H3,(H,17,18). The number of carbonyl (C=O) groups is 2. The van der Waals surface area contributed by atoms with Crippen molar-refractivity contribution in [3.05, 3.63) is 34.6 Å². The molecule has 4 nitrogen and oxygen atoms in total. The van der Waals surface area contributed by atoms with E-state index in [1.54, 1.807) is 0 Å². The second kappa shape index (κ2) is 4.94. The summed E-state index contributed by atoms with van der Waals surface area (Å²) < 4.78 is 13.0. The summed E-state index contributed by atoms with van der Waals surface area (Å²) in [6, 6.07) is 3.40. The highest BCUT2D eigenvalue weighted by atomic mass is 35.5. The molecule has 0 fully saturated rings. The molecule has 0 spiro atoms. The van der Waals surface area contributed by atoms with Crippen LogP contribution in [0.3, 0.4) is 0 Å². The zero-order chi connectivity index (χ0) is 14.1. The second-order valence-corrected chi connectivity index (χ2v) is 4.49. The van der Waals surface area contributed by atoms with Crippen LogP contribution < -0.4 is 0 Å². The van der Waals surface area contributed by atoms with Crippen LogP contribution in [0, 0.1) is 5.82 Å². The zero-order valence-corrected chi connectivity index (χ0v) is 11.0. The van der Waals surface area contributed by atoms with Gasteiger partial charge in [0, 0.05) is 24.6 Å². The highest BCUT2D eigenvalue weighted by molar-refractivity contribution is 6.31. The Labute approximate surface area is 109 Å². The molecule has 1 aromatic rings. The van der Waals surface area contributed by atoms with Gasteiger partial charge in [-0.15, -0.1) is 0 Å². The predicted octanol–water partition coefficient (Wildman–Crippen LogP) is 2.26. The number of halogens is 2. The van der Waals surface area contributed by atoms with Gasteiger partial charge in [-0.1, -0.05) is 17.7 Å². The summed E-state index contributed by atoms with van der Waals surface area (Å²) >= 11 is 5.87. The topological polar surface area (TPSA) is 57.6 Å². The van der Waals surface area contributed by atoms with Crippen LogP contribution >= 0.6 is 11.6 Å². The lowest BCUT2D eigenvalue weighted by atomic mass is 9.90. The fraction of sp³-hybridized carbons (Fsp3) is 0.333. The summed E-state index contributed by atoms with van der Waals surface area (Å²) in [7, 11) is 1.36. The average Bonchev–Trinajstić information content (AvgIpc) is 2.26. The van der Waals surface area contributed by atoms with E-state index in [0.717, 1.165) is 17.0 Å². The van der Waals surface area contributed by atoms with E-state index in [-0.39, 0.29) is 10.6 Å². The first-order chi connectivity index (χ1) is 8.21. The number of nitrogens with zero attached hydrogens (tertiary/aromatic N) is 1. The van der Waals surface area contributed by atoms with Crippen LogP contribution in [-0.2, 0) is 15.1 Å². The van der Waals surface area contributed by atoms with Crippen molar-refractivity contribution in [2.75, 3.05) is 7.05 Å². The van der Waals surface area contributed by atoms with Gasteiger partial charge in [0.1, 0.15) is 5.82 Å². The smallest absolute Gasteiger partial charge is 0.334 e. The fourth-order valence-corrected chi connectivity index (χ4v) is 1.99. The van der Waals surface area contributed by atoms with Gasteiger partial charge >= 0.3 is 5.97 Å². The van der Waals surface area contributed by atoms with E-state index in [9.17, 15) is 19.1 Å². The SMILES string of the molecule is CC(=O)N(C)C(C)(C(=O)O)c1ccc(F)cc1Cl. The van der Waals surface area contributed by atoms with Gasteiger partial charge in [0.15, 0.2) is 5.54 Å². The van der Waals surface area contributed by atoms with Crippen molar-refractivity contribution >= 4 is 23.5 Å². The molecule has 1 rings (SSSR count). The van der Waals surface area contributed by atoms with Crippen LogP contribution in [0.4, 0.5) is 4.39 Å². The summed E-state index contributed by atoms with van der Waals surface area (Å²) in [5, 5.41) is 9.32. The van der Waals surface area contributed by atoms with Crippen molar-refractivity contribution in [3.8, 4) is 0 Å². The lowest BCUT2D eigenvalue weighted by molar-refractivity contribution is -0.156.